The molecule has 1 fully saturated rings. The van der Waals surface area contributed by atoms with Gasteiger partial charge in [0.1, 0.15) is 0 Å². The number of thioether (sulfide) groups is 2. The van der Waals surface area contributed by atoms with Gasteiger partial charge in [0.15, 0.2) is 0 Å². The number of nitrogens with one attached hydrogen (secondary N) is 2. The summed E-state index contributed by atoms with van der Waals surface area (Å²) < 4.78 is 5.01. The molecule has 2 heterocycles. The number of aromatic nitrogens is 2. The van der Waals surface area contributed by atoms with E-state index in [-0.39, 0.29) is 11.7 Å². The molecule has 0 aliphatic carbocycles. The monoisotopic (exact) mass is 288 g/mol. The van der Waals surface area contributed by atoms with Crippen molar-refractivity contribution in [2.24, 2.45) is 0 Å². The van der Waals surface area contributed by atoms with Crippen LogP contribution in [0.2, 0.25) is 0 Å². The van der Waals surface area contributed by atoms with Crippen molar-refractivity contribution < 1.29 is 9.32 Å². The first kappa shape index (κ1) is 13.7. The lowest BCUT2D eigenvalue weighted by Crippen LogP contribution is -2.32. The quantitative estimate of drug-likeness (QED) is 0.828. The zero-order valence-electron chi connectivity index (χ0n) is 10.1. The molecule has 0 saturated carbocycles. The summed E-state index contributed by atoms with van der Waals surface area (Å²) in [6.45, 7) is 0.510. The molecule has 1 saturated heterocycles. The maximum absolute atomic E-state index is 11.3. The summed E-state index contributed by atoms with van der Waals surface area (Å²) in [5, 5.41) is 9.46. The van der Waals surface area contributed by atoms with Crippen molar-refractivity contribution in [3.63, 3.8) is 0 Å². The molecule has 100 valence electrons. The van der Waals surface area contributed by atoms with E-state index in [2.05, 4.69) is 20.8 Å². The Morgan fingerprint density at radius 3 is 2.83 bits per heavy atom. The zero-order chi connectivity index (χ0) is 12.8. The van der Waals surface area contributed by atoms with Crippen LogP contribution in [0.4, 0.5) is 0 Å². The summed E-state index contributed by atoms with van der Waals surface area (Å²) in [5.41, 5.74) is 0. The topological polar surface area (TPSA) is 80.0 Å². The van der Waals surface area contributed by atoms with E-state index in [1.54, 1.807) is 0 Å². The highest BCUT2D eigenvalue weighted by Gasteiger charge is 2.16. The second-order valence-electron chi connectivity index (χ2n) is 3.82. The summed E-state index contributed by atoms with van der Waals surface area (Å²) >= 11 is 3.92. The maximum atomic E-state index is 11.3. The van der Waals surface area contributed by atoms with Crippen molar-refractivity contribution in [3.05, 3.63) is 11.7 Å². The Balaban J connectivity index is 1.82. The Morgan fingerprint density at radius 1 is 1.44 bits per heavy atom. The number of rotatable bonds is 4. The second-order valence-corrected chi connectivity index (χ2v) is 6.12. The van der Waals surface area contributed by atoms with E-state index in [4.69, 9.17) is 4.52 Å². The molecule has 0 aromatic carbocycles. The van der Waals surface area contributed by atoms with Crippen LogP contribution in [0.5, 0.6) is 0 Å². The van der Waals surface area contributed by atoms with Gasteiger partial charge in [-0.2, -0.15) is 28.5 Å². The zero-order valence-corrected chi connectivity index (χ0v) is 11.8. The molecule has 0 spiro atoms. The first-order valence-corrected chi connectivity index (χ1v) is 8.04. The van der Waals surface area contributed by atoms with Crippen LogP contribution in [0, 0.1) is 0 Å². The van der Waals surface area contributed by atoms with Gasteiger partial charge >= 0.3 is 0 Å². The summed E-state index contributed by atoms with van der Waals surface area (Å²) in [4.78, 5) is 15.3. The highest BCUT2D eigenvalue weighted by Crippen LogP contribution is 2.16. The Morgan fingerprint density at radius 2 is 2.17 bits per heavy atom. The molecule has 1 aliphatic rings. The van der Waals surface area contributed by atoms with E-state index in [1.165, 1.54) is 18.6 Å². The smallest absolute Gasteiger partial charge is 0.292 e. The Labute approximate surface area is 114 Å². The van der Waals surface area contributed by atoms with Crippen LogP contribution in [0.3, 0.4) is 0 Å². The number of hydrogen-bond donors (Lipinski definition) is 2. The lowest BCUT2D eigenvalue weighted by atomic mass is 10.4. The Bertz CT molecular complexity index is 391. The van der Waals surface area contributed by atoms with Crippen molar-refractivity contribution >= 4 is 29.4 Å². The van der Waals surface area contributed by atoms with Crippen LogP contribution in [-0.4, -0.2) is 52.1 Å². The standard InChI is InChI=1S/C10H16N4O2S2/c1-11-10(15)9-13-8(16-14-9)4-12-7-5-17-2-3-18-6-7/h7,12H,2-6H2,1H3,(H,11,15). The average molecular weight is 288 g/mol. The second kappa shape index (κ2) is 7.01. The molecule has 0 bridgehead atoms. The van der Waals surface area contributed by atoms with Crippen molar-refractivity contribution in [1.82, 2.24) is 20.8 Å². The van der Waals surface area contributed by atoms with Crippen LogP contribution in [0.25, 0.3) is 0 Å². The Kier molecular flexibility index (Phi) is 5.33. The van der Waals surface area contributed by atoms with Crippen molar-refractivity contribution in [2.75, 3.05) is 30.1 Å². The van der Waals surface area contributed by atoms with Crippen molar-refractivity contribution in [2.45, 2.75) is 12.6 Å². The summed E-state index contributed by atoms with van der Waals surface area (Å²) in [7, 11) is 1.54. The molecule has 18 heavy (non-hydrogen) atoms. The third-order valence-electron chi connectivity index (χ3n) is 2.45. The molecular formula is C10H16N4O2S2. The van der Waals surface area contributed by atoms with E-state index >= 15 is 0 Å². The molecule has 1 amide bonds. The highest BCUT2D eigenvalue weighted by molar-refractivity contribution is 8.03. The largest absolute Gasteiger partial charge is 0.352 e. The van der Waals surface area contributed by atoms with Gasteiger partial charge in [-0.05, 0) is 0 Å². The van der Waals surface area contributed by atoms with Gasteiger partial charge in [0.05, 0.1) is 6.54 Å². The molecule has 0 atom stereocenters. The van der Waals surface area contributed by atoms with Crippen LogP contribution >= 0.6 is 23.5 Å². The summed E-state index contributed by atoms with van der Waals surface area (Å²) in [5.74, 6) is 4.83. The lowest BCUT2D eigenvalue weighted by Gasteiger charge is -2.13. The van der Waals surface area contributed by atoms with E-state index in [9.17, 15) is 4.79 Å². The Hall–Kier alpha value is -0.730. The van der Waals surface area contributed by atoms with Crippen LogP contribution in [-0.2, 0) is 6.54 Å². The van der Waals surface area contributed by atoms with Gasteiger partial charge in [-0.1, -0.05) is 5.16 Å². The van der Waals surface area contributed by atoms with Gasteiger partial charge < -0.3 is 15.2 Å². The van der Waals surface area contributed by atoms with E-state index in [0.29, 0.717) is 18.5 Å². The molecule has 0 unspecified atom stereocenters. The van der Waals surface area contributed by atoms with Crippen molar-refractivity contribution in [1.29, 1.82) is 0 Å². The predicted molar refractivity (Wildman–Crippen MR) is 73.0 cm³/mol. The summed E-state index contributed by atoms with van der Waals surface area (Å²) in [6.07, 6.45) is 0. The molecule has 2 rings (SSSR count). The molecule has 1 aromatic rings. The van der Waals surface area contributed by atoms with E-state index < -0.39 is 0 Å². The SMILES string of the molecule is CNC(=O)c1noc(CNC2CSCCSC2)n1. The molecule has 2 N–H and O–H groups in total. The molecule has 1 aromatic heterocycles. The predicted octanol–water partition coefficient (Wildman–Crippen LogP) is 0.367. The fraction of sp³-hybridized carbons (Fsp3) is 0.700. The van der Waals surface area contributed by atoms with Crippen LogP contribution in [0.15, 0.2) is 4.52 Å². The van der Waals surface area contributed by atoms with Crippen LogP contribution < -0.4 is 10.6 Å². The van der Waals surface area contributed by atoms with Crippen LogP contribution in [0.1, 0.15) is 16.5 Å². The third-order valence-corrected chi connectivity index (χ3v) is 4.97. The number of carbonyl (C=O) groups is 1. The van der Waals surface area contributed by atoms with Gasteiger partial charge in [0.2, 0.25) is 5.89 Å². The number of carbonyl (C=O) groups excluding carboxylic acids is 1. The van der Waals surface area contributed by atoms with Gasteiger partial charge in [-0.25, -0.2) is 0 Å². The first-order chi connectivity index (χ1) is 8.79. The minimum Gasteiger partial charge on any atom is -0.352 e. The highest BCUT2D eigenvalue weighted by atomic mass is 32.2. The molecule has 1 aliphatic heterocycles. The molecule has 8 heteroatoms. The third kappa shape index (κ3) is 3.89. The van der Waals surface area contributed by atoms with E-state index in [1.807, 2.05) is 23.5 Å². The lowest BCUT2D eigenvalue weighted by molar-refractivity contribution is 0.0950. The molecule has 6 nitrogen and oxygen atoms in total. The maximum Gasteiger partial charge on any atom is 0.292 e. The van der Waals surface area contributed by atoms with Gasteiger partial charge in [0, 0.05) is 36.1 Å². The number of hydrogen-bond acceptors (Lipinski definition) is 7. The van der Waals surface area contributed by atoms with Gasteiger partial charge in [-0.15, -0.1) is 0 Å². The van der Waals surface area contributed by atoms with Gasteiger partial charge in [-0.3, -0.25) is 4.79 Å². The average Bonchev–Trinajstić information content (AvgIpc) is 2.71. The molecule has 0 radical (unpaired) electrons. The number of nitrogens with zero attached hydrogens (tertiary/aromatic N) is 2. The van der Waals surface area contributed by atoms with E-state index in [0.717, 1.165) is 11.5 Å². The van der Waals surface area contributed by atoms with Gasteiger partial charge in [0.25, 0.3) is 11.7 Å². The fourth-order valence-corrected chi connectivity index (χ4v) is 3.96. The number of amides is 1. The van der Waals surface area contributed by atoms with Crippen molar-refractivity contribution in [3.8, 4) is 0 Å². The minimum absolute atomic E-state index is 0.0823. The molecular weight excluding hydrogens is 272 g/mol. The summed E-state index contributed by atoms with van der Waals surface area (Å²) in [6, 6.07) is 0.456. The first-order valence-electron chi connectivity index (χ1n) is 5.73. The fourth-order valence-electron chi connectivity index (χ4n) is 1.50. The minimum atomic E-state index is -0.328. The normalized spacial score (nSPS) is 17.4.